The average molecular weight is 253 g/mol. The third-order valence-electron chi connectivity index (χ3n) is 4.59. The Morgan fingerprint density at radius 2 is 2.00 bits per heavy atom. The first-order valence-corrected chi connectivity index (χ1v) is 7.37. The van der Waals surface area contributed by atoms with Crippen LogP contribution in [0.4, 0.5) is 0 Å². The Kier molecular flexibility index (Phi) is 4.62. The van der Waals surface area contributed by atoms with Crippen molar-refractivity contribution >= 4 is 5.91 Å². The molecule has 2 aliphatic carbocycles. The highest BCUT2D eigenvalue weighted by Crippen LogP contribution is 2.32. The molecule has 0 saturated heterocycles. The van der Waals surface area contributed by atoms with Gasteiger partial charge < -0.3 is 11.1 Å². The predicted molar refractivity (Wildman–Crippen MR) is 73.3 cm³/mol. The number of nitrogens with one attached hydrogen (secondary N) is 1. The first-order chi connectivity index (χ1) is 8.66. The number of carbonyl (C=O) groups excluding carboxylic acids is 1. The first-order valence-electron chi connectivity index (χ1n) is 7.37. The van der Waals surface area contributed by atoms with Gasteiger partial charge in [-0.15, -0.1) is 0 Å². The number of hydrogen-bond acceptors (Lipinski definition) is 3. The molecule has 0 spiro atoms. The Balaban J connectivity index is 1.77. The van der Waals surface area contributed by atoms with Crippen molar-refractivity contribution < 1.29 is 4.79 Å². The lowest BCUT2D eigenvalue weighted by atomic mass is 9.80. The maximum absolute atomic E-state index is 11.7. The van der Waals surface area contributed by atoms with E-state index < -0.39 is 0 Å². The summed E-state index contributed by atoms with van der Waals surface area (Å²) < 4.78 is 0. The molecular weight excluding hydrogens is 226 g/mol. The molecule has 2 saturated carbocycles. The van der Waals surface area contributed by atoms with Gasteiger partial charge in [-0.1, -0.05) is 19.3 Å². The minimum absolute atomic E-state index is 0.151. The Hall–Kier alpha value is -0.610. The van der Waals surface area contributed by atoms with Gasteiger partial charge in [0.1, 0.15) is 0 Å². The van der Waals surface area contributed by atoms with Gasteiger partial charge >= 0.3 is 0 Å². The van der Waals surface area contributed by atoms with Gasteiger partial charge in [-0.25, -0.2) is 0 Å². The number of hydrogen-bond donors (Lipinski definition) is 2. The summed E-state index contributed by atoms with van der Waals surface area (Å²) in [5, 5.41) is 3.05. The molecule has 2 aliphatic rings. The summed E-state index contributed by atoms with van der Waals surface area (Å²) in [5.74, 6) is 0.201. The molecule has 0 aromatic carbocycles. The van der Waals surface area contributed by atoms with Crippen molar-refractivity contribution in [3.05, 3.63) is 0 Å². The Bertz CT molecular complexity index is 283. The van der Waals surface area contributed by atoms with E-state index in [1.54, 1.807) is 0 Å². The lowest BCUT2D eigenvalue weighted by Gasteiger charge is -2.44. The number of carbonyl (C=O) groups is 1. The van der Waals surface area contributed by atoms with E-state index in [0.717, 1.165) is 19.4 Å². The van der Waals surface area contributed by atoms with Crippen molar-refractivity contribution in [2.45, 2.75) is 62.9 Å². The molecule has 4 nitrogen and oxygen atoms in total. The quantitative estimate of drug-likeness (QED) is 0.749. The molecule has 18 heavy (non-hydrogen) atoms. The maximum Gasteiger partial charge on any atom is 0.221 e. The van der Waals surface area contributed by atoms with Gasteiger partial charge in [-0.05, 0) is 32.7 Å². The third kappa shape index (κ3) is 3.45. The van der Waals surface area contributed by atoms with E-state index in [1.165, 1.54) is 32.1 Å². The second-order valence-corrected chi connectivity index (χ2v) is 6.00. The summed E-state index contributed by atoms with van der Waals surface area (Å²) >= 11 is 0. The fourth-order valence-electron chi connectivity index (χ4n) is 2.99. The topological polar surface area (TPSA) is 58.4 Å². The molecule has 2 fully saturated rings. The van der Waals surface area contributed by atoms with Crippen molar-refractivity contribution in [3.63, 3.8) is 0 Å². The average Bonchev–Trinajstić information content (AvgIpc) is 3.20. The van der Waals surface area contributed by atoms with Gasteiger partial charge in [-0.2, -0.15) is 0 Å². The Labute approximate surface area is 110 Å². The van der Waals surface area contributed by atoms with E-state index in [1.807, 2.05) is 0 Å². The molecule has 1 amide bonds. The minimum atomic E-state index is 0.151. The second-order valence-electron chi connectivity index (χ2n) is 6.00. The normalized spacial score (nSPS) is 23.1. The molecule has 0 aliphatic heterocycles. The summed E-state index contributed by atoms with van der Waals surface area (Å²) in [4.78, 5) is 14.0. The van der Waals surface area contributed by atoms with Crippen LogP contribution in [0.3, 0.4) is 0 Å². The van der Waals surface area contributed by atoms with Crippen LogP contribution in [0.15, 0.2) is 0 Å². The highest BCUT2D eigenvalue weighted by Gasteiger charge is 2.34. The van der Waals surface area contributed by atoms with E-state index in [0.29, 0.717) is 19.0 Å². The lowest BCUT2D eigenvalue weighted by Crippen LogP contribution is -2.54. The van der Waals surface area contributed by atoms with E-state index in [9.17, 15) is 4.79 Å². The molecule has 3 N–H and O–H groups in total. The molecule has 2 rings (SSSR count). The van der Waals surface area contributed by atoms with Crippen molar-refractivity contribution in [2.75, 3.05) is 20.1 Å². The number of nitrogens with zero attached hydrogens (tertiary/aromatic N) is 1. The molecule has 0 atom stereocenters. The smallest absolute Gasteiger partial charge is 0.221 e. The summed E-state index contributed by atoms with van der Waals surface area (Å²) in [6, 6.07) is 0.473. The summed E-state index contributed by atoms with van der Waals surface area (Å²) in [5.41, 5.74) is 6.14. The molecular formula is C14H27N3O. The first kappa shape index (κ1) is 13.8. The summed E-state index contributed by atoms with van der Waals surface area (Å²) in [7, 11) is 2.13. The van der Waals surface area contributed by atoms with Crippen LogP contribution in [0, 0.1) is 0 Å². The fraction of sp³-hybridized carbons (Fsp3) is 0.929. The van der Waals surface area contributed by atoms with Crippen LogP contribution in [0.2, 0.25) is 0 Å². The predicted octanol–water partition coefficient (Wildman–Crippen LogP) is 1.25. The highest BCUT2D eigenvalue weighted by atomic mass is 16.1. The molecule has 0 unspecified atom stereocenters. The van der Waals surface area contributed by atoms with Gasteiger partial charge in [0.25, 0.3) is 0 Å². The van der Waals surface area contributed by atoms with Crippen molar-refractivity contribution in [1.82, 2.24) is 10.2 Å². The van der Waals surface area contributed by atoms with Crippen LogP contribution in [-0.4, -0.2) is 42.5 Å². The van der Waals surface area contributed by atoms with Crippen LogP contribution in [0.5, 0.6) is 0 Å². The van der Waals surface area contributed by atoms with Crippen molar-refractivity contribution in [2.24, 2.45) is 5.73 Å². The summed E-state index contributed by atoms with van der Waals surface area (Å²) in [6.07, 6.45) is 9.18. The van der Waals surface area contributed by atoms with Crippen LogP contribution in [-0.2, 0) is 4.79 Å². The Morgan fingerprint density at radius 1 is 1.33 bits per heavy atom. The molecule has 0 aromatic rings. The monoisotopic (exact) mass is 253 g/mol. The van der Waals surface area contributed by atoms with Crippen LogP contribution < -0.4 is 11.1 Å². The molecule has 0 bridgehead atoms. The largest absolute Gasteiger partial charge is 0.353 e. The molecule has 0 aromatic heterocycles. The number of amides is 1. The van der Waals surface area contributed by atoms with E-state index in [2.05, 4.69) is 17.3 Å². The van der Waals surface area contributed by atoms with Crippen LogP contribution in [0.25, 0.3) is 0 Å². The number of nitrogens with two attached hydrogens (primary N) is 1. The van der Waals surface area contributed by atoms with Gasteiger partial charge in [0.05, 0.1) is 0 Å². The van der Waals surface area contributed by atoms with E-state index in [4.69, 9.17) is 5.73 Å². The lowest BCUT2D eigenvalue weighted by molar-refractivity contribution is -0.121. The van der Waals surface area contributed by atoms with E-state index in [-0.39, 0.29) is 11.4 Å². The Morgan fingerprint density at radius 3 is 2.56 bits per heavy atom. The molecule has 0 radical (unpaired) electrons. The van der Waals surface area contributed by atoms with Crippen molar-refractivity contribution in [3.8, 4) is 0 Å². The maximum atomic E-state index is 11.7. The second kappa shape index (κ2) is 6.02. The molecule has 0 heterocycles. The van der Waals surface area contributed by atoms with E-state index >= 15 is 0 Å². The number of rotatable bonds is 6. The summed E-state index contributed by atoms with van der Waals surface area (Å²) in [6.45, 7) is 1.55. The zero-order valence-electron chi connectivity index (χ0n) is 11.6. The zero-order valence-corrected chi connectivity index (χ0v) is 11.6. The minimum Gasteiger partial charge on any atom is -0.353 e. The van der Waals surface area contributed by atoms with Gasteiger partial charge in [-0.3, -0.25) is 9.69 Å². The van der Waals surface area contributed by atoms with Gasteiger partial charge in [0, 0.05) is 31.1 Å². The highest BCUT2D eigenvalue weighted by molar-refractivity contribution is 5.76. The number of likely N-dealkylation sites (N-methyl/N-ethyl adjacent to an activating group) is 1. The standard InChI is InChI=1S/C14H27N3O/c1-17(10-7-13(18)16-12-5-6-12)14(11-15)8-3-2-4-9-14/h12H,2-11,15H2,1H3,(H,16,18). The third-order valence-corrected chi connectivity index (χ3v) is 4.59. The SMILES string of the molecule is CN(CCC(=O)NC1CC1)C1(CN)CCCCC1. The molecule has 104 valence electrons. The van der Waals surface area contributed by atoms with Crippen molar-refractivity contribution in [1.29, 1.82) is 0 Å². The van der Waals surface area contributed by atoms with Gasteiger partial charge in [0.2, 0.25) is 5.91 Å². The van der Waals surface area contributed by atoms with Crippen LogP contribution >= 0.6 is 0 Å². The fourth-order valence-corrected chi connectivity index (χ4v) is 2.99. The molecule has 4 heteroatoms. The van der Waals surface area contributed by atoms with Crippen LogP contribution in [0.1, 0.15) is 51.4 Å². The van der Waals surface area contributed by atoms with Gasteiger partial charge in [0.15, 0.2) is 0 Å². The zero-order chi connectivity index (χ0) is 13.0.